The van der Waals surface area contributed by atoms with Crippen molar-refractivity contribution in [2.75, 3.05) is 13.3 Å². The van der Waals surface area contributed by atoms with Crippen molar-refractivity contribution in [1.29, 1.82) is 0 Å². The van der Waals surface area contributed by atoms with Gasteiger partial charge in [-0.2, -0.15) is 10.4 Å². The Morgan fingerprint density at radius 1 is 0.600 bits per heavy atom. The fourth-order valence-electron chi connectivity index (χ4n) is 2.98. The average molecular weight is 601 g/mol. The number of hydrogen-bond donors (Lipinski definition) is 4. The third-order valence-corrected chi connectivity index (χ3v) is 7.19. The number of benzene rings is 2. The molecule has 0 saturated heterocycles. The van der Waals surface area contributed by atoms with Gasteiger partial charge < -0.3 is 9.05 Å². The van der Waals surface area contributed by atoms with E-state index in [1.54, 1.807) is 62.4 Å². The Morgan fingerprint density at radius 2 is 0.875 bits per heavy atom. The lowest BCUT2D eigenvalue weighted by Gasteiger charge is -2.20. The number of rotatable bonds is 14. The molecule has 2 aromatic rings. The highest BCUT2D eigenvalue weighted by Crippen LogP contribution is 2.38. The van der Waals surface area contributed by atoms with Crippen molar-refractivity contribution in [3.8, 4) is 11.5 Å². The normalized spacial score (nSPS) is 15.1. The molecular formula is C28H50N4O6P2. The summed E-state index contributed by atoms with van der Waals surface area (Å²) in [5, 5.41) is 5.21. The quantitative estimate of drug-likeness (QED) is 0.141. The van der Waals surface area contributed by atoms with Crippen molar-refractivity contribution < 1.29 is 27.8 Å². The van der Waals surface area contributed by atoms with Gasteiger partial charge in [0.05, 0.1) is 12.1 Å². The van der Waals surface area contributed by atoms with Gasteiger partial charge in [-0.05, 0) is 38.1 Å². The standard InChI is InChI=1S/2C13H21N2O3P.2CH4/c2*1-10(2)13(16)11(3)14-15-19(4,17)18-12-8-6-5-7-9-12;;/h2*5-11,14H,1-4H3,(H,15,17);2*1H4/t11-,19+;11-,19-;;/m00../s1. The van der Waals surface area contributed by atoms with E-state index < -0.39 is 27.1 Å². The van der Waals surface area contributed by atoms with E-state index in [0.717, 1.165) is 0 Å². The molecule has 40 heavy (non-hydrogen) atoms. The predicted octanol–water partition coefficient (Wildman–Crippen LogP) is 6.46. The molecule has 228 valence electrons. The number of ketones is 2. The van der Waals surface area contributed by atoms with Crippen molar-refractivity contribution in [3.05, 3.63) is 60.7 Å². The van der Waals surface area contributed by atoms with Crippen molar-refractivity contribution in [2.24, 2.45) is 11.8 Å². The summed E-state index contributed by atoms with van der Waals surface area (Å²) in [7, 11) is -6.10. The van der Waals surface area contributed by atoms with E-state index in [-0.39, 0.29) is 38.3 Å². The summed E-state index contributed by atoms with van der Waals surface area (Å²) < 4.78 is 35.1. The Kier molecular flexibility index (Phi) is 18.8. The van der Waals surface area contributed by atoms with Crippen molar-refractivity contribution in [3.63, 3.8) is 0 Å². The van der Waals surface area contributed by atoms with Gasteiger partial charge in [-0.3, -0.25) is 18.7 Å². The van der Waals surface area contributed by atoms with E-state index in [0.29, 0.717) is 11.5 Å². The Bertz CT molecular complexity index is 1010. The van der Waals surface area contributed by atoms with Crippen molar-refractivity contribution in [2.45, 2.75) is 68.5 Å². The zero-order chi connectivity index (χ0) is 28.9. The molecule has 12 heteroatoms. The van der Waals surface area contributed by atoms with Gasteiger partial charge in [-0.1, -0.05) is 78.9 Å². The molecule has 0 aliphatic heterocycles. The third kappa shape index (κ3) is 16.1. The molecule has 4 N–H and O–H groups in total. The van der Waals surface area contributed by atoms with E-state index >= 15 is 0 Å². The maximum Gasteiger partial charge on any atom is 0.326 e. The summed E-state index contributed by atoms with van der Waals surface area (Å²) >= 11 is 0. The van der Waals surface area contributed by atoms with Gasteiger partial charge in [0, 0.05) is 25.2 Å². The number of hydrogen-bond acceptors (Lipinski definition) is 8. The summed E-state index contributed by atoms with van der Waals surface area (Å²) in [6, 6.07) is 16.9. The van der Waals surface area contributed by atoms with Crippen LogP contribution in [-0.2, 0) is 18.7 Å². The molecule has 0 aliphatic carbocycles. The molecule has 0 heterocycles. The highest BCUT2D eigenvalue weighted by atomic mass is 31.2. The summed E-state index contributed by atoms with van der Waals surface area (Å²) in [6.45, 7) is 13.7. The summed E-state index contributed by atoms with van der Waals surface area (Å²) in [5.41, 5.74) is 5.47. The Labute approximate surface area is 241 Å². The van der Waals surface area contributed by atoms with Gasteiger partial charge >= 0.3 is 15.0 Å². The second-order valence-electron chi connectivity index (χ2n) is 9.57. The predicted molar refractivity (Wildman–Crippen MR) is 166 cm³/mol. The molecule has 10 nitrogen and oxygen atoms in total. The van der Waals surface area contributed by atoms with Crippen LogP contribution in [0.4, 0.5) is 0 Å². The first-order valence-electron chi connectivity index (χ1n) is 12.4. The highest BCUT2D eigenvalue weighted by molar-refractivity contribution is 7.56. The van der Waals surface area contributed by atoms with Gasteiger partial charge in [0.1, 0.15) is 11.5 Å². The molecule has 0 fully saturated rings. The first-order chi connectivity index (χ1) is 17.6. The molecule has 2 rings (SSSR count). The third-order valence-electron chi connectivity index (χ3n) is 5.01. The molecule has 4 atom stereocenters. The topological polar surface area (TPSA) is 135 Å². The van der Waals surface area contributed by atoms with Crippen molar-refractivity contribution >= 4 is 26.6 Å². The number of nitrogens with one attached hydrogen (secondary N) is 4. The van der Waals surface area contributed by atoms with Crippen molar-refractivity contribution in [1.82, 2.24) is 21.2 Å². The molecule has 0 radical (unpaired) electrons. The molecule has 0 amide bonds. The average Bonchev–Trinajstić information content (AvgIpc) is 2.86. The minimum Gasteiger partial charge on any atom is -0.432 e. The number of para-hydroxylation sites is 2. The van der Waals surface area contributed by atoms with Crippen LogP contribution in [-0.4, -0.2) is 37.0 Å². The van der Waals surface area contributed by atoms with Crippen LogP contribution in [0.2, 0.25) is 0 Å². The second kappa shape index (κ2) is 18.9. The summed E-state index contributed by atoms with van der Waals surface area (Å²) in [4.78, 5) is 23.4. The minimum absolute atomic E-state index is 0. The van der Waals surface area contributed by atoms with Crippen LogP contribution in [0.15, 0.2) is 60.7 Å². The zero-order valence-electron chi connectivity index (χ0n) is 23.4. The van der Waals surface area contributed by atoms with Gasteiger partial charge in [0.15, 0.2) is 11.6 Å². The van der Waals surface area contributed by atoms with E-state index in [1.165, 1.54) is 13.3 Å². The van der Waals surface area contributed by atoms with Gasteiger partial charge in [-0.15, -0.1) is 0 Å². The molecule has 0 unspecified atom stereocenters. The molecule has 0 bridgehead atoms. The van der Waals surface area contributed by atoms with E-state index in [1.807, 2.05) is 39.8 Å². The fraction of sp³-hybridized carbons (Fsp3) is 0.500. The minimum atomic E-state index is -3.05. The van der Waals surface area contributed by atoms with Crippen LogP contribution < -0.4 is 30.3 Å². The Balaban J connectivity index is 0. The second-order valence-corrected chi connectivity index (χ2v) is 13.8. The van der Waals surface area contributed by atoms with Crippen LogP contribution in [0.25, 0.3) is 0 Å². The molecule has 2 aromatic carbocycles. The molecule has 0 saturated carbocycles. The zero-order valence-corrected chi connectivity index (χ0v) is 25.2. The Hall–Kier alpha value is -2.32. The highest BCUT2D eigenvalue weighted by Gasteiger charge is 2.23. The number of carbonyl (C=O) groups excluding carboxylic acids is 2. The summed E-state index contributed by atoms with van der Waals surface area (Å²) in [5.74, 6) is 0.988. The number of Topliss-reactive ketones (excluding diaryl/α,β-unsaturated/α-hetero) is 2. The maximum absolute atomic E-state index is 12.2. The smallest absolute Gasteiger partial charge is 0.326 e. The largest absolute Gasteiger partial charge is 0.432 e. The first-order valence-corrected chi connectivity index (χ1v) is 16.5. The lowest BCUT2D eigenvalue weighted by molar-refractivity contribution is -0.124. The van der Waals surface area contributed by atoms with E-state index in [9.17, 15) is 18.7 Å². The molecule has 0 aliphatic rings. The SMILES string of the molecule is C.C.CC(C)C(=O)[C@H](C)NN[P@@](C)(=O)Oc1ccccc1.CC(C)C(=O)[C@H](C)NN[P@](C)(=O)Oc1ccccc1. The lowest BCUT2D eigenvalue weighted by Crippen LogP contribution is -2.44. The van der Waals surface area contributed by atoms with E-state index in [2.05, 4.69) is 21.2 Å². The number of hydrazine groups is 2. The van der Waals surface area contributed by atoms with Crippen LogP contribution in [0.3, 0.4) is 0 Å². The molecule has 0 aromatic heterocycles. The maximum atomic E-state index is 12.2. The molecular weight excluding hydrogens is 550 g/mol. The summed E-state index contributed by atoms with van der Waals surface area (Å²) in [6.07, 6.45) is 0. The first kappa shape index (κ1) is 39.8. The van der Waals surface area contributed by atoms with Gasteiger partial charge in [0.25, 0.3) is 0 Å². The lowest BCUT2D eigenvalue weighted by atomic mass is 10.0. The van der Waals surface area contributed by atoms with Crippen LogP contribution in [0, 0.1) is 11.8 Å². The van der Waals surface area contributed by atoms with E-state index in [4.69, 9.17) is 9.05 Å². The van der Waals surface area contributed by atoms with Crippen LogP contribution in [0.1, 0.15) is 56.4 Å². The van der Waals surface area contributed by atoms with Gasteiger partial charge in [0.2, 0.25) is 0 Å². The molecule has 0 spiro atoms. The number of carbonyl (C=O) groups is 2. The fourth-order valence-corrected chi connectivity index (χ4v) is 4.98. The Morgan fingerprint density at radius 3 is 1.12 bits per heavy atom. The van der Waals surface area contributed by atoms with Gasteiger partial charge in [-0.25, -0.2) is 10.9 Å². The van der Waals surface area contributed by atoms with Crippen LogP contribution >= 0.6 is 15.0 Å². The monoisotopic (exact) mass is 600 g/mol. The van der Waals surface area contributed by atoms with Crippen LogP contribution in [0.5, 0.6) is 11.5 Å².